The van der Waals surface area contributed by atoms with Gasteiger partial charge in [-0.05, 0) is 44.7 Å². The van der Waals surface area contributed by atoms with Crippen LogP contribution in [0.1, 0.15) is 41.7 Å². The topological polar surface area (TPSA) is 53.4 Å². The number of carbonyl (C=O) groups is 1. The molecule has 0 saturated carbocycles. The summed E-state index contributed by atoms with van der Waals surface area (Å²) in [7, 11) is 0. The summed E-state index contributed by atoms with van der Waals surface area (Å²) in [5, 5.41) is 12.2. The Hall–Kier alpha value is -1.72. The summed E-state index contributed by atoms with van der Waals surface area (Å²) in [4.78, 5) is 19.2. The van der Waals surface area contributed by atoms with E-state index in [2.05, 4.69) is 4.98 Å². The molecule has 1 aromatic heterocycles. The number of hydrogen-bond donors (Lipinski definition) is 1. The van der Waals surface area contributed by atoms with Crippen molar-refractivity contribution in [3.8, 4) is 10.6 Å². The molecule has 1 aromatic carbocycles. The third kappa shape index (κ3) is 3.62. The minimum atomic E-state index is 0.0741. The number of piperidine rings is 1. The molecule has 1 amide bonds. The predicted molar refractivity (Wildman–Crippen MR) is 92.7 cm³/mol. The van der Waals surface area contributed by atoms with Crippen molar-refractivity contribution in [3.05, 3.63) is 40.9 Å². The molecule has 0 bridgehead atoms. The van der Waals surface area contributed by atoms with Crippen LogP contribution in [-0.2, 0) is 0 Å². The van der Waals surface area contributed by atoms with E-state index in [1.807, 2.05) is 41.5 Å². The minimum Gasteiger partial charge on any atom is -0.396 e. The molecule has 3 rings (SSSR count). The van der Waals surface area contributed by atoms with Crippen LogP contribution >= 0.6 is 11.3 Å². The predicted octanol–water partition coefficient (Wildman–Crippen LogP) is 3.50. The van der Waals surface area contributed by atoms with Gasteiger partial charge in [0.1, 0.15) is 5.01 Å². The highest BCUT2D eigenvalue weighted by molar-refractivity contribution is 7.13. The van der Waals surface area contributed by atoms with Crippen molar-refractivity contribution >= 4 is 17.2 Å². The standard InChI is InChI=1S/C18H22N2O2S/c1-13-12-23-17(19-13)14-5-7-15(8-6-14)18(22)20-10-3-2-4-16(20)9-11-21/h5-8,12,16,21H,2-4,9-11H2,1H3. The van der Waals surface area contributed by atoms with Gasteiger partial charge in [-0.15, -0.1) is 11.3 Å². The van der Waals surface area contributed by atoms with Gasteiger partial charge in [-0.25, -0.2) is 4.98 Å². The Morgan fingerprint density at radius 3 is 2.78 bits per heavy atom. The normalized spacial score (nSPS) is 18.2. The third-order valence-electron chi connectivity index (χ3n) is 4.35. The number of aliphatic hydroxyl groups is 1. The average Bonchev–Trinajstić information content (AvgIpc) is 3.02. The summed E-state index contributed by atoms with van der Waals surface area (Å²) in [6.07, 6.45) is 3.84. The van der Waals surface area contributed by atoms with Crippen molar-refractivity contribution < 1.29 is 9.90 Å². The Morgan fingerprint density at radius 1 is 1.35 bits per heavy atom. The fraction of sp³-hybridized carbons (Fsp3) is 0.444. The molecule has 0 aliphatic carbocycles. The maximum atomic E-state index is 12.8. The Bertz CT molecular complexity index is 664. The zero-order valence-electron chi connectivity index (χ0n) is 13.4. The lowest BCUT2D eigenvalue weighted by atomic mass is 9.98. The second-order valence-corrected chi connectivity index (χ2v) is 6.89. The fourth-order valence-electron chi connectivity index (χ4n) is 3.12. The van der Waals surface area contributed by atoms with E-state index in [4.69, 9.17) is 0 Å². The highest BCUT2D eigenvalue weighted by Gasteiger charge is 2.26. The van der Waals surface area contributed by atoms with Crippen molar-refractivity contribution in [1.82, 2.24) is 9.88 Å². The summed E-state index contributed by atoms with van der Waals surface area (Å²) in [6, 6.07) is 7.88. The van der Waals surface area contributed by atoms with Gasteiger partial charge in [0, 0.05) is 41.4 Å². The first kappa shape index (κ1) is 16.1. The Labute approximate surface area is 140 Å². The molecule has 2 aromatic rings. The summed E-state index contributed by atoms with van der Waals surface area (Å²) in [5.74, 6) is 0.0741. The number of thiazole rings is 1. The number of likely N-dealkylation sites (tertiary alicyclic amines) is 1. The van der Waals surface area contributed by atoms with Gasteiger partial charge in [-0.1, -0.05) is 12.1 Å². The zero-order valence-corrected chi connectivity index (χ0v) is 14.2. The number of aliphatic hydroxyl groups excluding tert-OH is 1. The van der Waals surface area contributed by atoms with Gasteiger partial charge < -0.3 is 10.0 Å². The molecule has 5 heteroatoms. The van der Waals surface area contributed by atoms with E-state index in [-0.39, 0.29) is 18.6 Å². The maximum absolute atomic E-state index is 12.8. The number of nitrogens with zero attached hydrogens (tertiary/aromatic N) is 2. The Kier molecular flexibility index (Phi) is 5.08. The van der Waals surface area contributed by atoms with Crippen LogP contribution in [0.5, 0.6) is 0 Å². The molecular formula is C18H22N2O2S. The number of hydrogen-bond acceptors (Lipinski definition) is 4. The maximum Gasteiger partial charge on any atom is 0.254 e. The molecule has 1 fully saturated rings. The monoisotopic (exact) mass is 330 g/mol. The van der Waals surface area contributed by atoms with Gasteiger partial charge in [0.15, 0.2) is 0 Å². The van der Waals surface area contributed by atoms with Crippen molar-refractivity contribution in [3.63, 3.8) is 0 Å². The van der Waals surface area contributed by atoms with Crippen LogP contribution in [0.3, 0.4) is 0 Å². The quantitative estimate of drug-likeness (QED) is 0.933. The number of aryl methyl sites for hydroxylation is 1. The number of rotatable bonds is 4. The molecule has 0 spiro atoms. The van der Waals surface area contributed by atoms with Crippen molar-refractivity contribution in [1.29, 1.82) is 0 Å². The van der Waals surface area contributed by atoms with E-state index in [9.17, 15) is 9.90 Å². The van der Waals surface area contributed by atoms with Crippen LogP contribution in [0, 0.1) is 6.92 Å². The van der Waals surface area contributed by atoms with E-state index >= 15 is 0 Å². The smallest absolute Gasteiger partial charge is 0.254 e. The lowest BCUT2D eigenvalue weighted by Crippen LogP contribution is -2.44. The van der Waals surface area contributed by atoms with Crippen LogP contribution in [0.4, 0.5) is 0 Å². The van der Waals surface area contributed by atoms with Crippen molar-refractivity contribution in [2.24, 2.45) is 0 Å². The molecular weight excluding hydrogens is 308 g/mol. The van der Waals surface area contributed by atoms with Crippen LogP contribution < -0.4 is 0 Å². The molecule has 2 heterocycles. The summed E-state index contributed by atoms with van der Waals surface area (Å²) < 4.78 is 0. The molecule has 122 valence electrons. The van der Waals surface area contributed by atoms with E-state index < -0.39 is 0 Å². The van der Waals surface area contributed by atoms with E-state index in [0.29, 0.717) is 12.0 Å². The summed E-state index contributed by atoms with van der Waals surface area (Å²) in [5.41, 5.74) is 2.78. The molecule has 1 unspecified atom stereocenters. The number of benzene rings is 1. The lowest BCUT2D eigenvalue weighted by Gasteiger charge is -2.35. The van der Waals surface area contributed by atoms with Crippen LogP contribution in [0.25, 0.3) is 10.6 Å². The second-order valence-electron chi connectivity index (χ2n) is 6.03. The second kappa shape index (κ2) is 7.23. The number of amides is 1. The van der Waals surface area contributed by atoms with E-state index in [0.717, 1.165) is 42.1 Å². The van der Waals surface area contributed by atoms with Gasteiger partial charge in [0.05, 0.1) is 0 Å². The van der Waals surface area contributed by atoms with Gasteiger partial charge in [-0.2, -0.15) is 0 Å². The molecule has 0 radical (unpaired) electrons. The number of carbonyl (C=O) groups excluding carboxylic acids is 1. The molecule has 1 N–H and O–H groups in total. The Balaban J connectivity index is 1.76. The molecule has 1 atom stereocenters. The summed E-state index contributed by atoms with van der Waals surface area (Å²) >= 11 is 1.62. The van der Waals surface area contributed by atoms with E-state index in [1.54, 1.807) is 11.3 Å². The molecule has 1 aliphatic heterocycles. The van der Waals surface area contributed by atoms with Gasteiger partial charge in [-0.3, -0.25) is 4.79 Å². The SMILES string of the molecule is Cc1csc(-c2ccc(C(=O)N3CCCCC3CCO)cc2)n1. The highest BCUT2D eigenvalue weighted by atomic mass is 32.1. The first-order chi connectivity index (χ1) is 11.2. The highest BCUT2D eigenvalue weighted by Crippen LogP contribution is 2.26. The van der Waals surface area contributed by atoms with Gasteiger partial charge >= 0.3 is 0 Å². The van der Waals surface area contributed by atoms with E-state index in [1.165, 1.54) is 0 Å². The molecule has 1 aliphatic rings. The third-order valence-corrected chi connectivity index (χ3v) is 5.36. The summed E-state index contributed by atoms with van der Waals surface area (Å²) in [6.45, 7) is 2.91. The average molecular weight is 330 g/mol. The van der Waals surface area contributed by atoms with Crippen molar-refractivity contribution in [2.45, 2.75) is 38.6 Å². The van der Waals surface area contributed by atoms with Crippen LogP contribution in [0.2, 0.25) is 0 Å². The molecule has 4 nitrogen and oxygen atoms in total. The lowest BCUT2D eigenvalue weighted by molar-refractivity contribution is 0.0574. The minimum absolute atomic E-state index is 0.0741. The van der Waals surface area contributed by atoms with Crippen molar-refractivity contribution in [2.75, 3.05) is 13.2 Å². The zero-order chi connectivity index (χ0) is 16.2. The first-order valence-electron chi connectivity index (χ1n) is 8.13. The van der Waals surface area contributed by atoms with Gasteiger partial charge in [0.25, 0.3) is 5.91 Å². The molecule has 1 saturated heterocycles. The van der Waals surface area contributed by atoms with Crippen LogP contribution in [0.15, 0.2) is 29.6 Å². The largest absolute Gasteiger partial charge is 0.396 e. The fourth-order valence-corrected chi connectivity index (χ4v) is 3.93. The Morgan fingerprint density at radius 2 is 2.13 bits per heavy atom. The first-order valence-corrected chi connectivity index (χ1v) is 9.01. The number of aromatic nitrogens is 1. The van der Waals surface area contributed by atoms with Crippen LogP contribution in [-0.4, -0.2) is 40.1 Å². The van der Waals surface area contributed by atoms with Gasteiger partial charge in [0.2, 0.25) is 0 Å². The molecule has 23 heavy (non-hydrogen) atoms.